The number of carbonyl (C=O) groups excluding carboxylic acids is 1. The van der Waals surface area contributed by atoms with Gasteiger partial charge in [-0.15, -0.1) is 0 Å². The molecule has 0 saturated heterocycles. The molecule has 0 aliphatic heterocycles. The van der Waals surface area contributed by atoms with Crippen LogP contribution in [0.15, 0.2) is 12.1 Å². The number of hydrogen-bond donors (Lipinski definition) is 3. The van der Waals surface area contributed by atoms with Crippen LogP contribution in [0.25, 0.3) is 0 Å². The Bertz CT molecular complexity index is 469. The highest BCUT2D eigenvalue weighted by Crippen LogP contribution is 2.24. The van der Waals surface area contributed by atoms with E-state index in [0.29, 0.717) is 36.9 Å². The van der Waals surface area contributed by atoms with Crippen molar-refractivity contribution in [3.63, 3.8) is 0 Å². The van der Waals surface area contributed by atoms with Crippen molar-refractivity contribution >= 4 is 17.4 Å². The average Bonchev–Trinajstić information content (AvgIpc) is 2.38. The number of aromatic nitrogens is 1. The summed E-state index contributed by atoms with van der Waals surface area (Å²) in [6.07, 6.45) is 1.34. The Morgan fingerprint density at radius 2 is 2.05 bits per heavy atom. The molecule has 0 radical (unpaired) electrons. The number of rotatable bonds is 7. The first-order chi connectivity index (χ1) is 9.81. The van der Waals surface area contributed by atoms with Gasteiger partial charge in [-0.05, 0) is 39.3 Å². The first-order valence-corrected chi connectivity index (χ1v) is 7.28. The molecule has 6 heteroatoms. The van der Waals surface area contributed by atoms with Crippen LogP contribution in [-0.2, 0) is 4.79 Å². The molecule has 118 valence electrons. The van der Waals surface area contributed by atoms with Gasteiger partial charge < -0.3 is 21.1 Å². The summed E-state index contributed by atoms with van der Waals surface area (Å²) in [4.78, 5) is 15.8. The van der Waals surface area contributed by atoms with E-state index < -0.39 is 0 Å². The van der Waals surface area contributed by atoms with Crippen molar-refractivity contribution in [2.24, 2.45) is 0 Å². The highest BCUT2D eigenvalue weighted by Gasteiger charge is 2.15. The number of anilines is 2. The number of hydrogen-bond acceptors (Lipinski definition) is 5. The van der Waals surface area contributed by atoms with E-state index in [4.69, 9.17) is 10.5 Å². The lowest BCUT2D eigenvalue weighted by Crippen LogP contribution is -2.26. The molecule has 0 bridgehead atoms. The van der Waals surface area contributed by atoms with Gasteiger partial charge in [0.2, 0.25) is 11.8 Å². The van der Waals surface area contributed by atoms with Gasteiger partial charge in [0.05, 0.1) is 5.69 Å². The van der Waals surface area contributed by atoms with Gasteiger partial charge in [0, 0.05) is 19.5 Å². The van der Waals surface area contributed by atoms with Crippen LogP contribution in [0.4, 0.5) is 11.5 Å². The predicted octanol–water partition coefficient (Wildman–Crippen LogP) is 2.17. The van der Waals surface area contributed by atoms with E-state index in [-0.39, 0.29) is 11.5 Å². The average molecular weight is 294 g/mol. The smallest absolute Gasteiger partial charge is 0.239 e. The van der Waals surface area contributed by atoms with Crippen LogP contribution in [0.3, 0.4) is 0 Å². The number of nitrogens with one attached hydrogen (secondary N) is 2. The molecule has 0 saturated carbocycles. The zero-order valence-corrected chi connectivity index (χ0v) is 13.3. The second-order valence-corrected chi connectivity index (χ2v) is 5.83. The highest BCUT2D eigenvalue weighted by molar-refractivity contribution is 5.76. The fourth-order valence-corrected chi connectivity index (χ4v) is 1.58. The lowest BCUT2D eigenvalue weighted by atomic mass is 10.2. The highest BCUT2D eigenvalue weighted by atomic mass is 16.5. The second-order valence-electron chi connectivity index (χ2n) is 5.83. The molecular weight excluding hydrogens is 268 g/mol. The van der Waals surface area contributed by atoms with Crippen LogP contribution < -0.4 is 21.1 Å². The van der Waals surface area contributed by atoms with Gasteiger partial charge in [-0.3, -0.25) is 4.79 Å². The maximum absolute atomic E-state index is 11.5. The van der Waals surface area contributed by atoms with Crippen LogP contribution >= 0.6 is 0 Å². The Balaban J connectivity index is 2.52. The van der Waals surface area contributed by atoms with E-state index in [1.165, 1.54) is 0 Å². The maximum atomic E-state index is 11.5. The molecule has 0 atom stereocenters. The van der Waals surface area contributed by atoms with Crippen LogP contribution in [0, 0.1) is 0 Å². The fourth-order valence-electron chi connectivity index (χ4n) is 1.58. The molecule has 0 fully saturated rings. The van der Waals surface area contributed by atoms with E-state index in [0.717, 1.165) is 6.42 Å². The second kappa shape index (κ2) is 7.71. The largest absolute Gasteiger partial charge is 0.470 e. The van der Waals surface area contributed by atoms with Crippen molar-refractivity contribution < 1.29 is 9.53 Å². The van der Waals surface area contributed by atoms with E-state index in [2.05, 4.69) is 15.6 Å². The number of amides is 1. The molecule has 0 aromatic carbocycles. The Hall–Kier alpha value is -1.98. The summed E-state index contributed by atoms with van der Waals surface area (Å²) in [6, 6.07) is 3.52. The Morgan fingerprint density at radius 1 is 1.33 bits per heavy atom. The van der Waals surface area contributed by atoms with Crippen LogP contribution in [0.2, 0.25) is 0 Å². The first-order valence-electron chi connectivity index (χ1n) is 7.28. The van der Waals surface area contributed by atoms with Gasteiger partial charge in [-0.1, -0.05) is 6.92 Å². The Kier molecular flexibility index (Phi) is 6.27. The van der Waals surface area contributed by atoms with Crippen LogP contribution in [0.5, 0.6) is 5.88 Å². The third kappa shape index (κ3) is 6.83. The minimum atomic E-state index is -0.361. The lowest BCUT2D eigenvalue weighted by molar-refractivity contribution is -0.120. The van der Waals surface area contributed by atoms with E-state index in [9.17, 15) is 4.79 Å². The summed E-state index contributed by atoms with van der Waals surface area (Å²) in [5.74, 6) is 1.08. The van der Waals surface area contributed by atoms with Gasteiger partial charge in [-0.25, -0.2) is 0 Å². The zero-order valence-electron chi connectivity index (χ0n) is 13.3. The molecule has 1 heterocycles. The number of nitrogens with zero attached hydrogens (tertiary/aromatic N) is 1. The zero-order chi connectivity index (χ0) is 15.9. The van der Waals surface area contributed by atoms with Gasteiger partial charge >= 0.3 is 0 Å². The number of carbonyl (C=O) groups is 1. The van der Waals surface area contributed by atoms with E-state index in [1.54, 1.807) is 12.1 Å². The van der Waals surface area contributed by atoms with Gasteiger partial charge in [0.1, 0.15) is 11.4 Å². The number of nitrogens with two attached hydrogens (primary N) is 1. The third-order valence-electron chi connectivity index (χ3n) is 2.52. The molecular formula is C15H26N4O2. The summed E-state index contributed by atoms with van der Waals surface area (Å²) in [5, 5.41) is 5.92. The number of pyridine rings is 1. The summed E-state index contributed by atoms with van der Waals surface area (Å²) < 4.78 is 5.70. The number of nitrogen functional groups attached to an aromatic ring is 1. The Labute approximate surface area is 126 Å². The normalized spacial score (nSPS) is 11.0. The van der Waals surface area contributed by atoms with E-state index in [1.807, 2.05) is 27.7 Å². The standard InChI is InChI=1S/C15H26N4O2/c1-5-9-18-13(20)8-10-17-12-7-6-11(16)14(19-12)21-15(2,3)4/h6-7H,5,8-10,16H2,1-4H3,(H,17,19)(H,18,20). The van der Waals surface area contributed by atoms with Crippen molar-refractivity contribution in [2.75, 3.05) is 24.1 Å². The van der Waals surface area contributed by atoms with Crippen LogP contribution in [-0.4, -0.2) is 29.6 Å². The topological polar surface area (TPSA) is 89.3 Å². The first kappa shape index (κ1) is 17.1. The molecule has 21 heavy (non-hydrogen) atoms. The summed E-state index contributed by atoms with van der Waals surface area (Å²) >= 11 is 0. The minimum absolute atomic E-state index is 0.0333. The number of ether oxygens (including phenoxy) is 1. The van der Waals surface area contributed by atoms with Gasteiger partial charge in [0.25, 0.3) is 0 Å². The van der Waals surface area contributed by atoms with Gasteiger partial charge in [-0.2, -0.15) is 4.98 Å². The molecule has 1 aromatic heterocycles. The summed E-state index contributed by atoms with van der Waals surface area (Å²) in [5.41, 5.74) is 5.98. The SMILES string of the molecule is CCCNC(=O)CCNc1ccc(N)c(OC(C)(C)C)n1. The lowest BCUT2D eigenvalue weighted by Gasteiger charge is -2.21. The molecule has 1 rings (SSSR count). The Morgan fingerprint density at radius 3 is 2.67 bits per heavy atom. The quantitative estimate of drug-likeness (QED) is 0.717. The van der Waals surface area contributed by atoms with E-state index >= 15 is 0 Å². The third-order valence-corrected chi connectivity index (χ3v) is 2.52. The van der Waals surface area contributed by atoms with Crippen molar-refractivity contribution in [1.82, 2.24) is 10.3 Å². The van der Waals surface area contributed by atoms with Crippen molar-refractivity contribution in [3.8, 4) is 5.88 Å². The molecule has 4 N–H and O–H groups in total. The van der Waals surface area contributed by atoms with Crippen molar-refractivity contribution in [2.45, 2.75) is 46.1 Å². The van der Waals surface area contributed by atoms with Gasteiger partial charge in [0.15, 0.2) is 0 Å². The molecule has 6 nitrogen and oxygen atoms in total. The van der Waals surface area contributed by atoms with Crippen LogP contribution in [0.1, 0.15) is 40.5 Å². The predicted molar refractivity (Wildman–Crippen MR) is 85.4 cm³/mol. The molecule has 0 unspecified atom stereocenters. The molecule has 0 aliphatic rings. The summed E-state index contributed by atoms with van der Waals surface area (Å²) in [6.45, 7) is 9.06. The van der Waals surface area contributed by atoms with Crippen molar-refractivity contribution in [1.29, 1.82) is 0 Å². The monoisotopic (exact) mass is 294 g/mol. The maximum Gasteiger partial charge on any atom is 0.239 e. The minimum Gasteiger partial charge on any atom is -0.470 e. The summed E-state index contributed by atoms with van der Waals surface area (Å²) in [7, 11) is 0. The molecule has 1 amide bonds. The van der Waals surface area contributed by atoms with Crippen molar-refractivity contribution in [3.05, 3.63) is 12.1 Å². The fraction of sp³-hybridized carbons (Fsp3) is 0.600. The molecule has 0 spiro atoms. The molecule has 1 aromatic rings. The molecule has 0 aliphatic carbocycles.